The predicted octanol–water partition coefficient (Wildman–Crippen LogP) is 4.03. The molecule has 142 valence electrons. The number of anilines is 1. The van der Waals surface area contributed by atoms with Crippen LogP contribution in [-0.2, 0) is 0 Å². The van der Waals surface area contributed by atoms with Crippen LogP contribution in [0.15, 0.2) is 58.1 Å². The Morgan fingerprint density at radius 1 is 1.07 bits per heavy atom. The van der Waals surface area contributed by atoms with Crippen molar-refractivity contribution < 1.29 is 0 Å². The first-order valence-corrected chi connectivity index (χ1v) is 10.2. The van der Waals surface area contributed by atoms with Gasteiger partial charge in [0.15, 0.2) is 0 Å². The van der Waals surface area contributed by atoms with Crippen LogP contribution in [0.1, 0.15) is 12.5 Å². The Labute approximate surface area is 178 Å². The Morgan fingerprint density at radius 2 is 1.74 bits per heavy atom. The molecule has 0 atom stereocenters. The molecule has 2 N–H and O–H groups in total. The number of rotatable bonds is 4. The minimum absolute atomic E-state index is 0.484. The van der Waals surface area contributed by atoms with Gasteiger partial charge in [-0.3, -0.25) is 10.9 Å². The molecule has 27 heavy (non-hydrogen) atoms. The molecule has 0 aromatic heterocycles. The molecule has 0 bridgehead atoms. The summed E-state index contributed by atoms with van der Waals surface area (Å²) in [5.41, 5.74) is 9.11. The van der Waals surface area contributed by atoms with Crippen molar-refractivity contribution in [2.45, 2.75) is 6.92 Å². The zero-order valence-corrected chi connectivity index (χ0v) is 18.1. The zero-order valence-electron chi connectivity index (χ0n) is 15.0. The topological polar surface area (TPSA) is 42.9 Å². The van der Waals surface area contributed by atoms with Crippen molar-refractivity contribution in [1.29, 1.82) is 0 Å². The third-order valence-corrected chi connectivity index (χ3v) is 5.35. The number of halogens is 2. The molecule has 1 aliphatic heterocycles. The van der Waals surface area contributed by atoms with Gasteiger partial charge in [0.05, 0.1) is 16.4 Å². The number of hydrazone groups is 1. The smallest absolute Gasteiger partial charge is 0.201 e. The molecule has 1 heterocycles. The van der Waals surface area contributed by atoms with Gasteiger partial charge in [0.25, 0.3) is 0 Å². The summed E-state index contributed by atoms with van der Waals surface area (Å²) in [6.07, 6.45) is 0. The van der Waals surface area contributed by atoms with E-state index in [0.29, 0.717) is 5.11 Å². The molecule has 0 aliphatic carbocycles. The minimum atomic E-state index is 0.484. The lowest BCUT2D eigenvalue weighted by Crippen LogP contribution is -2.55. The number of piperazine rings is 1. The van der Waals surface area contributed by atoms with Crippen LogP contribution in [0.2, 0.25) is 5.02 Å². The molecule has 1 aliphatic rings. The van der Waals surface area contributed by atoms with E-state index in [1.807, 2.05) is 49.4 Å². The Morgan fingerprint density at radius 3 is 2.41 bits per heavy atom. The summed E-state index contributed by atoms with van der Waals surface area (Å²) in [4.78, 5) is 2.28. The highest BCUT2D eigenvalue weighted by atomic mass is 79.9. The maximum Gasteiger partial charge on any atom is 0.201 e. The highest BCUT2D eigenvalue weighted by Crippen LogP contribution is 2.25. The molecule has 8 heteroatoms. The second kappa shape index (κ2) is 9.50. The van der Waals surface area contributed by atoms with Crippen LogP contribution in [0, 0.1) is 0 Å². The van der Waals surface area contributed by atoms with E-state index >= 15 is 0 Å². The second-order valence-corrected chi connectivity index (χ2v) is 7.91. The van der Waals surface area contributed by atoms with Crippen molar-refractivity contribution >= 4 is 56.3 Å². The predicted molar refractivity (Wildman–Crippen MR) is 120 cm³/mol. The fraction of sp³-hybridized carbons (Fsp3) is 0.263. The summed E-state index contributed by atoms with van der Waals surface area (Å²) in [5, 5.41) is 7.72. The Bertz CT molecular complexity index is 819. The lowest BCUT2D eigenvalue weighted by molar-refractivity contribution is 0.220. The van der Waals surface area contributed by atoms with Gasteiger partial charge in [-0.1, -0.05) is 51.8 Å². The van der Waals surface area contributed by atoms with Gasteiger partial charge in [-0.2, -0.15) is 5.10 Å². The normalized spacial score (nSPS) is 15.5. The molecule has 0 amide bonds. The van der Waals surface area contributed by atoms with Crippen LogP contribution in [0.5, 0.6) is 0 Å². The van der Waals surface area contributed by atoms with E-state index in [4.69, 9.17) is 23.8 Å². The van der Waals surface area contributed by atoms with Crippen molar-refractivity contribution in [3.05, 3.63) is 63.6 Å². The monoisotopic (exact) mass is 465 g/mol. The standard InChI is InChI=1S/C19H21BrClN5S/c1-14(15-6-8-16(20)9-7-15)22-23-19(27)24-26-12-10-25(11-13-26)18-5-3-2-4-17(18)21/h2-9H,10-13H2,1H3,(H2,23,24,27)/b22-14+. The third-order valence-electron chi connectivity index (χ3n) is 4.32. The number of nitrogens with zero attached hydrogens (tertiary/aromatic N) is 3. The Hall–Kier alpha value is -1.67. The van der Waals surface area contributed by atoms with Gasteiger partial charge in [0.1, 0.15) is 0 Å². The van der Waals surface area contributed by atoms with E-state index in [1.165, 1.54) is 0 Å². The van der Waals surface area contributed by atoms with Gasteiger partial charge >= 0.3 is 0 Å². The molecular weight excluding hydrogens is 446 g/mol. The summed E-state index contributed by atoms with van der Waals surface area (Å²) < 4.78 is 1.04. The van der Waals surface area contributed by atoms with Gasteiger partial charge < -0.3 is 4.90 Å². The molecule has 0 spiro atoms. The lowest BCUT2D eigenvalue weighted by Gasteiger charge is -2.36. The number of hydrogen-bond acceptors (Lipinski definition) is 4. The van der Waals surface area contributed by atoms with Crippen molar-refractivity contribution in [2.24, 2.45) is 5.10 Å². The molecule has 0 saturated carbocycles. The van der Waals surface area contributed by atoms with Crippen LogP contribution in [0.25, 0.3) is 0 Å². The molecular formula is C19H21BrClN5S. The fourth-order valence-electron chi connectivity index (χ4n) is 2.83. The molecule has 2 aromatic carbocycles. The minimum Gasteiger partial charge on any atom is -0.368 e. The summed E-state index contributed by atoms with van der Waals surface area (Å²) in [6, 6.07) is 15.9. The number of hydrazine groups is 1. The summed E-state index contributed by atoms with van der Waals surface area (Å²) >= 11 is 15.1. The maximum atomic E-state index is 6.29. The summed E-state index contributed by atoms with van der Waals surface area (Å²) in [6.45, 7) is 5.37. The molecule has 0 unspecified atom stereocenters. The first-order valence-electron chi connectivity index (χ1n) is 8.64. The molecule has 1 saturated heterocycles. The third kappa shape index (κ3) is 5.65. The lowest BCUT2D eigenvalue weighted by atomic mass is 10.1. The van der Waals surface area contributed by atoms with E-state index < -0.39 is 0 Å². The van der Waals surface area contributed by atoms with E-state index in [9.17, 15) is 0 Å². The average Bonchev–Trinajstić information content (AvgIpc) is 2.68. The molecule has 0 radical (unpaired) electrons. The Kier molecular flexibility index (Phi) is 7.07. The summed E-state index contributed by atoms with van der Waals surface area (Å²) in [5.74, 6) is 0. The highest BCUT2D eigenvalue weighted by molar-refractivity contribution is 9.10. The van der Waals surface area contributed by atoms with Crippen LogP contribution in [-0.4, -0.2) is 42.0 Å². The van der Waals surface area contributed by atoms with Crippen LogP contribution >= 0.6 is 39.7 Å². The van der Waals surface area contributed by atoms with Crippen molar-refractivity contribution in [1.82, 2.24) is 15.9 Å². The number of nitrogens with one attached hydrogen (secondary N) is 2. The molecule has 1 fully saturated rings. The van der Waals surface area contributed by atoms with Gasteiger partial charge in [-0.25, -0.2) is 5.01 Å². The van der Waals surface area contributed by atoms with Gasteiger partial charge in [0, 0.05) is 30.7 Å². The second-order valence-electron chi connectivity index (χ2n) is 6.18. The van der Waals surface area contributed by atoms with E-state index in [-0.39, 0.29) is 0 Å². The van der Waals surface area contributed by atoms with E-state index in [1.54, 1.807) is 0 Å². The largest absolute Gasteiger partial charge is 0.368 e. The number of hydrogen-bond donors (Lipinski definition) is 2. The first kappa shape index (κ1) is 20.1. The van der Waals surface area contributed by atoms with Crippen molar-refractivity contribution in [3.8, 4) is 0 Å². The van der Waals surface area contributed by atoms with Crippen LogP contribution in [0.4, 0.5) is 5.69 Å². The van der Waals surface area contributed by atoms with E-state index in [2.05, 4.69) is 47.9 Å². The zero-order chi connectivity index (χ0) is 19.2. The average molecular weight is 467 g/mol. The first-order chi connectivity index (χ1) is 13.0. The summed E-state index contributed by atoms with van der Waals surface area (Å²) in [7, 11) is 0. The van der Waals surface area contributed by atoms with Crippen molar-refractivity contribution in [2.75, 3.05) is 31.1 Å². The number of benzene rings is 2. The van der Waals surface area contributed by atoms with Gasteiger partial charge in [-0.15, -0.1) is 0 Å². The number of para-hydroxylation sites is 1. The molecule has 2 aromatic rings. The maximum absolute atomic E-state index is 6.29. The van der Waals surface area contributed by atoms with Gasteiger partial charge in [-0.05, 0) is 49.0 Å². The quantitative estimate of drug-likeness (QED) is 0.405. The number of thiocarbonyl (C=S) groups is 1. The fourth-order valence-corrected chi connectivity index (χ4v) is 3.52. The SMILES string of the molecule is C/C(=N\NC(=S)NN1CCN(c2ccccc2Cl)CC1)c1ccc(Br)cc1. The highest BCUT2D eigenvalue weighted by Gasteiger charge is 2.19. The Balaban J connectivity index is 1.47. The molecule has 5 nitrogen and oxygen atoms in total. The van der Waals surface area contributed by atoms with Gasteiger partial charge in [0.2, 0.25) is 5.11 Å². The van der Waals surface area contributed by atoms with Crippen LogP contribution < -0.4 is 15.8 Å². The van der Waals surface area contributed by atoms with Crippen molar-refractivity contribution in [3.63, 3.8) is 0 Å². The molecule has 3 rings (SSSR count). The van der Waals surface area contributed by atoms with Crippen LogP contribution in [0.3, 0.4) is 0 Å². The van der Waals surface area contributed by atoms with E-state index in [0.717, 1.165) is 52.6 Å².